The molecule has 0 spiro atoms. The molecule has 1 fully saturated rings. The normalized spacial score (nSPS) is 17.9. The van der Waals surface area contributed by atoms with Crippen molar-refractivity contribution in [2.24, 2.45) is 0 Å². The van der Waals surface area contributed by atoms with Gasteiger partial charge >= 0.3 is 0 Å². The second kappa shape index (κ2) is 8.43. The first kappa shape index (κ1) is 17.9. The van der Waals surface area contributed by atoms with Crippen LogP contribution in [0.1, 0.15) is 23.1 Å². The second-order valence-corrected chi connectivity index (χ2v) is 6.42. The van der Waals surface area contributed by atoms with Crippen molar-refractivity contribution in [2.45, 2.75) is 12.0 Å². The molecule has 134 valence electrons. The second-order valence-electron chi connectivity index (χ2n) is 6.42. The third kappa shape index (κ3) is 4.37. The van der Waals surface area contributed by atoms with E-state index < -0.39 is 11.9 Å². The van der Waals surface area contributed by atoms with E-state index in [1.165, 1.54) is 18.1 Å². The lowest BCUT2D eigenvalue weighted by Crippen LogP contribution is -3.14. The maximum atomic E-state index is 14.1. The van der Waals surface area contributed by atoms with Crippen molar-refractivity contribution in [1.82, 2.24) is 0 Å². The van der Waals surface area contributed by atoms with Crippen molar-refractivity contribution in [2.75, 3.05) is 40.0 Å². The van der Waals surface area contributed by atoms with Gasteiger partial charge in [-0.1, -0.05) is 36.4 Å². The Morgan fingerprint density at radius 3 is 2.48 bits per heavy atom. The molecule has 0 radical (unpaired) electrons. The molecule has 25 heavy (non-hydrogen) atoms. The molecule has 0 amide bonds. The van der Waals surface area contributed by atoms with E-state index in [1.54, 1.807) is 12.1 Å². The number of benzene rings is 2. The highest BCUT2D eigenvalue weighted by Gasteiger charge is 2.29. The Morgan fingerprint density at radius 1 is 1.12 bits per heavy atom. The molecule has 1 heterocycles. The van der Waals surface area contributed by atoms with Crippen LogP contribution in [0.3, 0.4) is 0 Å². The zero-order chi connectivity index (χ0) is 17.6. The lowest BCUT2D eigenvalue weighted by Gasteiger charge is -2.30. The molecule has 0 bridgehead atoms. The van der Waals surface area contributed by atoms with Gasteiger partial charge in [0.15, 0.2) is 11.6 Å². The Morgan fingerprint density at radius 2 is 1.84 bits per heavy atom. The lowest BCUT2D eigenvalue weighted by molar-refractivity contribution is -0.909. The lowest BCUT2D eigenvalue weighted by atomic mass is 9.88. The zero-order valence-corrected chi connectivity index (χ0v) is 14.5. The molecule has 1 saturated heterocycles. The van der Waals surface area contributed by atoms with Gasteiger partial charge in [0, 0.05) is 0 Å². The van der Waals surface area contributed by atoms with Crippen LogP contribution in [0.15, 0.2) is 48.5 Å². The van der Waals surface area contributed by atoms with E-state index in [1.807, 2.05) is 30.3 Å². The number of morpholine rings is 1. The molecular weight excluding hydrogens is 321 g/mol. The zero-order valence-electron chi connectivity index (χ0n) is 14.5. The summed E-state index contributed by atoms with van der Waals surface area (Å²) in [7, 11) is 1.43. The number of halogens is 1. The van der Waals surface area contributed by atoms with Gasteiger partial charge in [0.2, 0.25) is 0 Å². The van der Waals surface area contributed by atoms with Crippen molar-refractivity contribution < 1.29 is 23.9 Å². The predicted molar refractivity (Wildman–Crippen MR) is 93.5 cm³/mol. The van der Waals surface area contributed by atoms with Crippen molar-refractivity contribution in [3.8, 4) is 5.75 Å². The Bertz CT molecular complexity index is 674. The maximum Gasteiger partial charge on any atom is 0.165 e. The van der Waals surface area contributed by atoms with Gasteiger partial charge in [-0.15, -0.1) is 0 Å². The smallest absolute Gasteiger partial charge is 0.165 e. The number of nitrogens with one attached hydrogen (secondary N) is 1. The molecule has 0 aliphatic carbocycles. The summed E-state index contributed by atoms with van der Waals surface area (Å²) in [5.41, 5.74) is 1.63. The summed E-state index contributed by atoms with van der Waals surface area (Å²) in [5.74, 6) is -0.377. The summed E-state index contributed by atoms with van der Waals surface area (Å²) < 4.78 is 24.5. The molecular formula is C20H25FNO3+. The van der Waals surface area contributed by atoms with Gasteiger partial charge in [-0.05, 0) is 23.3 Å². The molecule has 1 aliphatic heterocycles. The van der Waals surface area contributed by atoms with Crippen LogP contribution in [0.2, 0.25) is 0 Å². The molecule has 2 N–H and O–H groups in total. The monoisotopic (exact) mass is 346 g/mol. The summed E-state index contributed by atoms with van der Waals surface area (Å²) in [6.45, 7) is 4.11. The van der Waals surface area contributed by atoms with Crippen LogP contribution in [0.25, 0.3) is 0 Å². The minimum absolute atomic E-state index is 0.109. The van der Waals surface area contributed by atoms with Gasteiger partial charge in [-0.25, -0.2) is 4.39 Å². The molecule has 0 aromatic heterocycles. The number of rotatable bonds is 6. The van der Waals surface area contributed by atoms with Crippen LogP contribution in [0.5, 0.6) is 5.75 Å². The SMILES string of the molecule is COc1ccc(C(O)C(C[NH+]2CCOCC2)c2ccccc2)cc1F. The third-order valence-electron chi connectivity index (χ3n) is 4.83. The van der Waals surface area contributed by atoms with E-state index in [0.717, 1.165) is 38.4 Å². The number of ether oxygens (including phenoxy) is 2. The van der Waals surface area contributed by atoms with Crippen molar-refractivity contribution >= 4 is 0 Å². The van der Waals surface area contributed by atoms with Crippen LogP contribution < -0.4 is 9.64 Å². The Kier molecular flexibility index (Phi) is 6.02. The molecule has 2 unspecified atom stereocenters. The molecule has 2 aromatic rings. The number of aliphatic hydroxyl groups is 1. The van der Waals surface area contributed by atoms with Gasteiger partial charge < -0.3 is 19.5 Å². The van der Waals surface area contributed by atoms with E-state index in [-0.39, 0.29) is 11.7 Å². The molecule has 3 rings (SSSR count). The van der Waals surface area contributed by atoms with E-state index >= 15 is 0 Å². The minimum atomic E-state index is -0.779. The Labute approximate surface area is 147 Å². The quantitative estimate of drug-likeness (QED) is 0.834. The van der Waals surface area contributed by atoms with Crippen molar-refractivity contribution in [1.29, 1.82) is 0 Å². The number of methoxy groups -OCH3 is 1. The summed E-state index contributed by atoms with van der Waals surface area (Å²) in [6, 6.07) is 14.6. The van der Waals surface area contributed by atoms with Crippen LogP contribution in [0, 0.1) is 5.82 Å². The standard InChI is InChI=1S/C20H24FNO3/c1-24-19-8-7-16(13-18(19)21)20(23)17(15-5-3-2-4-6-15)14-22-9-11-25-12-10-22/h2-8,13,17,20,23H,9-12,14H2,1H3/p+1. The van der Waals surface area contributed by atoms with Gasteiger partial charge in [0.25, 0.3) is 0 Å². The number of hydrogen-bond acceptors (Lipinski definition) is 3. The predicted octanol–water partition coefficient (Wildman–Crippen LogP) is 1.57. The van der Waals surface area contributed by atoms with Gasteiger partial charge in [0.05, 0.1) is 38.9 Å². The van der Waals surface area contributed by atoms with Gasteiger partial charge in [-0.2, -0.15) is 0 Å². The fraction of sp³-hybridized carbons (Fsp3) is 0.400. The van der Waals surface area contributed by atoms with Gasteiger partial charge in [-0.3, -0.25) is 0 Å². The van der Waals surface area contributed by atoms with Crippen molar-refractivity contribution in [3.05, 3.63) is 65.5 Å². The topological polar surface area (TPSA) is 43.1 Å². The minimum Gasteiger partial charge on any atom is -0.494 e. The highest BCUT2D eigenvalue weighted by molar-refractivity contribution is 5.33. The van der Waals surface area contributed by atoms with Crippen molar-refractivity contribution in [3.63, 3.8) is 0 Å². The van der Waals surface area contributed by atoms with Crippen LogP contribution in [0.4, 0.5) is 4.39 Å². The number of hydrogen-bond donors (Lipinski definition) is 2. The molecule has 4 nitrogen and oxygen atoms in total. The summed E-state index contributed by atoms with van der Waals surface area (Å²) in [4.78, 5) is 1.40. The van der Waals surface area contributed by atoms with Crippen LogP contribution in [-0.2, 0) is 4.74 Å². The fourth-order valence-corrected chi connectivity index (χ4v) is 3.39. The summed E-state index contributed by atoms with van der Waals surface area (Å²) in [6.07, 6.45) is -0.779. The number of aliphatic hydroxyl groups excluding tert-OH is 1. The van der Waals surface area contributed by atoms with E-state index in [0.29, 0.717) is 5.56 Å². The highest BCUT2D eigenvalue weighted by Crippen LogP contribution is 2.32. The molecule has 5 heteroatoms. The van der Waals surface area contributed by atoms with E-state index in [9.17, 15) is 9.50 Å². The highest BCUT2D eigenvalue weighted by atomic mass is 19.1. The summed E-state index contributed by atoms with van der Waals surface area (Å²) in [5, 5.41) is 11.0. The maximum absolute atomic E-state index is 14.1. The summed E-state index contributed by atoms with van der Waals surface area (Å²) >= 11 is 0. The first-order valence-electron chi connectivity index (χ1n) is 8.67. The molecule has 2 aromatic carbocycles. The van der Waals surface area contributed by atoms with Crippen LogP contribution in [-0.4, -0.2) is 45.1 Å². The van der Waals surface area contributed by atoms with Crippen LogP contribution >= 0.6 is 0 Å². The first-order chi connectivity index (χ1) is 12.2. The average molecular weight is 346 g/mol. The Balaban J connectivity index is 1.86. The van der Waals surface area contributed by atoms with E-state index in [2.05, 4.69) is 0 Å². The van der Waals surface area contributed by atoms with Gasteiger partial charge in [0.1, 0.15) is 13.1 Å². The van der Waals surface area contributed by atoms with E-state index in [4.69, 9.17) is 9.47 Å². The molecule has 1 aliphatic rings. The molecule has 0 saturated carbocycles. The number of quaternary nitrogens is 1. The largest absolute Gasteiger partial charge is 0.494 e. The first-order valence-corrected chi connectivity index (χ1v) is 8.67. The third-order valence-corrected chi connectivity index (χ3v) is 4.83. The Hall–Kier alpha value is -1.95. The fourth-order valence-electron chi connectivity index (χ4n) is 3.39. The molecule has 2 atom stereocenters. The average Bonchev–Trinajstić information content (AvgIpc) is 2.67.